The number of imidazole rings is 1. The molecule has 0 aliphatic heterocycles. The number of carbonyl (C=O) groups is 2. The highest BCUT2D eigenvalue weighted by molar-refractivity contribution is 6.32. The molecule has 4 aromatic rings. The smallest absolute Gasteiger partial charge is 0.338 e. The number of ether oxygens (including phenoxy) is 4. The van der Waals surface area contributed by atoms with E-state index in [-0.39, 0.29) is 5.56 Å². The minimum atomic E-state index is -0.651. The molecule has 1 amide bonds. The highest BCUT2D eigenvalue weighted by atomic mass is 35.5. The van der Waals surface area contributed by atoms with Crippen LogP contribution in [0.25, 0.3) is 22.4 Å². The van der Waals surface area contributed by atoms with Crippen LogP contribution in [-0.2, 0) is 9.53 Å². The van der Waals surface area contributed by atoms with Gasteiger partial charge >= 0.3 is 5.97 Å². The summed E-state index contributed by atoms with van der Waals surface area (Å²) < 4.78 is 20.7. The van der Waals surface area contributed by atoms with E-state index in [1.807, 2.05) is 24.3 Å². The fraction of sp³-hybridized carbons (Fsp3) is 0.160. The maximum atomic E-state index is 12.5. The highest BCUT2D eigenvalue weighted by Crippen LogP contribution is 2.35. The van der Waals surface area contributed by atoms with Gasteiger partial charge in [-0.3, -0.25) is 4.79 Å². The molecule has 1 heterocycles. The molecule has 35 heavy (non-hydrogen) atoms. The standard InChI is InChI=1S/C25H22ClN3O6/c1-32-16-7-4-14(5-8-16)24-28-18-9-6-15(10-19(18)29-24)25(31)35-13-23(30)27-20-11-17(26)21(33-2)12-22(20)34-3/h4-12H,13H2,1-3H3,(H,27,30)(H,28,29). The SMILES string of the molecule is COc1ccc(-c2nc3ccc(C(=O)OCC(=O)Nc4cc(Cl)c(OC)cc4OC)cc3[nH]2)cc1. The van der Waals surface area contributed by atoms with Crippen molar-refractivity contribution in [3.05, 3.63) is 65.2 Å². The summed E-state index contributed by atoms with van der Waals surface area (Å²) in [5.74, 6) is 0.942. The van der Waals surface area contributed by atoms with Gasteiger partial charge in [0.25, 0.3) is 5.91 Å². The summed E-state index contributed by atoms with van der Waals surface area (Å²) in [5.41, 5.74) is 2.82. The monoisotopic (exact) mass is 495 g/mol. The number of amides is 1. The number of halogens is 1. The van der Waals surface area contributed by atoms with Crippen LogP contribution in [0, 0.1) is 0 Å². The van der Waals surface area contributed by atoms with Crippen molar-refractivity contribution in [2.45, 2.75) is 0 Å². The molecular formula is C25H22ClN3O6. The largest absolute Gasteiger partial charge is 0.497 e. The van der Waals surface area contributed by atoms with Crippen molar-refractivity contribution in [3.63, 3.8) is 0 Å². The predicted molar refractivity (Wildman–Crippen MR) is 132 cm³/mol. The van der Waals surface area contributed by atoms with Gasteiger partial charge in [0.05, 0.1) is 48.6 Å². The van der Waals surface area contributed by atoms with Gasteiger partial charge in [-0.15, -0.1) is 0 Å². The number of methoxy groups -OCH3 is 3. The highest BCUT2D eigenvalue weighted by Gasteiger charge is 2.16. The van der Waals surface area contributed by atoms with Gasteiger partial charge in [-0.05, 0) is 48.5 Å². The van der Waals surface area contributed by atoms with E-state index in [0.29, 0.717) is 39.1 Å². The fourth-order valence-electron chi connectivity index (χ4n) is 3.38. The number of rotatable bonds is 8. The molecule has 0 saturated carbocycles. The number of carbonyl (C=O) groups excluding carboxylic acids is 2. The molecule has 0 aliphatic carbocycles. The van der Waals surface area contributed by atoms with Crippen LogP contribution in [-0.4, -0.2) is 49.8 Å². The number of aromatic nitrogens is 2. The Morgan fingerprint density at radius 2 is 1.69 bits per heavy atom. The van der Waals surface area contributed by atoms with Crippen molar-refractivity contribution in [1.82, 2.24) is 9.97 Å². The number of nitrogens with zero attached hydrogens (tertiary/aromatic N) is 1. The lowest BCUT2D eigenvalue weighted by Gasteiger charge is -2.13. The zero-order valence-corrected chi connectivity index (χ0v) is 19.9. The molecule has 0 fully saturated rings. The molecule has 0 aliphatic rings. The van der Waals surface area contributed by atoms with E-state index in [4.69, 9.17) is 30.5 Å². The number of fused-ring (bicyclic) bond motifs is 1. The van der Waals surface area contributed by atoms with Crippen molar-refractivity contribution in [2.24, 2.45) is 0 Å². The van der Waals surface area contributed by atoms with Gasteiger partial charge in [0.15, 0.2) is 6.61 Å². The van der Waals surface area contributed by atoms with E-state index in [1.165, 1.54) is 20.3 Å². The zero-order valence-electron chi connectivity index (χ0n) is 19.2. The molecule has 0 bridgehead atoms. The molecule has 0 radical (unpaired) electrons. The third kappa shape index (κ3) is 5.30. The average molecular weight is 496 g/mol. The lowest BCUT2D eigenvalue weighted by molar-refractivity contribution is -0.119. The number of nitrogens with one attached hydrogen (secondary N) is 2. The number of hydrogen-bond donors (Lipinski definition) is 2. The number of esters is 1. The van der Waals surface area contributed by atoms with Crippen LogP contribution in [0.1, 0.15) is 10.4 Å². The van der Waals surface area contributed by atoms with Crippen molar-refractivity contribution in [3.8, 4) is 28.6 Å². The fourth-order valence-corrected chi connectivity index (χ4v) is 3.62. The van der Waals surface area contributed by atoms with Crippen molar-refractivity contribution in [1.29, 1.82) is 0 Å². The molecular weight excluding hydrogens is 474 g/mol. The number of benzene rings is 3. The lowest BCUT2D eigenvalue weighted by atomic mass is 10.2. The molecule has 3 aromatic carbocycles. The van der Waals surface area contributed by atoms with Crippen LogP contribution in [0.5, 0.6) is 17.2 Å². The number of anilines is 1. The molecule has 4 rings (SSSR count). The first kappa shape index (κ1) is 23.9. The molecule has 180 valence electrons. The van der Waals surface area contributed by atoms with Gasteiger partial charge in [0, 0.05) is 11.6 Å². The van der Waals surface area contributed by atoms with Crippen LogP contribution in [0.4, 0.5) is 5.69 Å². The van der Waals surface area contributed by atoms with Crippen molar-refractivity contribution < 1.29 is 28.5 Å². The van der Waals surface area contributed by atoms with E-state index >= 15 is 0 Å². The summed E-state index contributed by atoms with van der Waals surface area (Å²) >= 11 is 6.12. The summed E-state index contributed by atoms with van der Waals surface area (Å²) in [6.45, 7) is -0.496. The van der Waals surface area contributed by atoms with Crippen LogP contribution in [0.2, 0.25) is 5.02 Å². The molecule has 9 nitrogen and oxygen atoms in total. The Morgan fingerprint density at radius 3 is 2.37 bits per heavy atom. The van der Waals surface area contributed by atoms with E-state index in [2.05, 4.69) is 15.3 Å². The normalized spacial score (nSPS) is 10.6. The van der Waals surface area contributed by atoms with Crippen LogP contribution >= 0.6 is 11.6 Å². The summed E-state index contributed by atoms with van der Waals surface area (Å²) in [7, 11) is 4.52. The maximum absolute atomic E-state index is 12.5. The number of hydrogen-bond acceptors (Lipinski definition) is 7. The number of H-pyrrole nitrogens is 1. The minimum absolute atomic E-state index is 0.278. The molecule has 0 saturated heterocycles. The first-order valence-corrected chi connectivity index (χ1v) is 10.8. The zero-order chi connectivity index (χ0) is 24.9. The van der Waals surface area contributed by atoms with E-state index in [0.717, 1.165) is 11.3 Å². The minimum Gasteiger partial charge on any atom is -0.497 e. The average Bonchev–Trinajstić information content (AvgIpc) is 3.31. The Kier molecular flexibility index (Phi) is 7.07. The Morgan fingerprint density at radius 1 is 0.943 bits per heavy atom. The van der Waals surface area contributed by atoms with E-state index in [1.54, 1.807) is 31.4 Å². The van der Waals surface area contributed by atoms with Crippen LogP contribution < -0.4 is 19.5 Å². The van der Waals surface area contributed by atoms with Gasteiger partial charge in [-0.25, -0.2) is 9.78 Å². The lowest BCUT2D eigenvalue weighted by Crippen LogP contribution is -2.21. The maximum Gasteiger partial charge on any atom is 0.338 e. The Balaban J connectivity index is 1.42. The Labute approximate surface area is 205 Å². The third-order valence-corrected chi connectivity index (χ3v) is 5.46. The Hall–Kier alpha value is -4.24. The summed E-state index contributed by atoms with van der Waals surface area (Å²) in [6.07, 6.45) is 0. The Bertz CT molecular complexity index is 1380. The van der Waals surface area contributed by atoms with Gasteiger partial charge in [-0.1, -0.05) is 11.6 Å². The van der Waals surface area contributed by atoms with Gasteiger partial charge < -0.3 is 29.2 Å². The van der Waals surface area contributed by atoms with Gasteiger partial charge in [-0.2, -0.15) is 0 Å². The third-order valence-electron chi connectivity index (χ3n) is 5.16. The molecule has 0 unspecified atom stereocenters. The van der Waals surface area contributed by atoms with Crippen molar-refractivity contribution in [2.75, 3.05) is 33.3 Å². The van der Waals surface area contributed by atoms with Gasteiger partial charge in [0.2, 0.25) is 0 Å². The van der Waals surface area contributed by atoms with Gasteiger partial charge in [0.1, 0.15) is 23.1 Å². The van der Waals surface area contributed by atoms with Crippen LogP contribution in [0.15, 0.2) is 54.6 Å². The first-order valence-electron chi connectivity index (χ1n) is 10.4. The van der Waals surface area contributed by atoms with E-state index < -0.39 is 18.5 Å². The molecule has 2 N–H and O–H groups in total. The van der Waals surface area contributed by atoms with E-state index in [9.17, 15) is 9.59 Å². The second kappa shape index (κ2) is 10.4. The molecule has 0 atom stereocenters. The predicted octanol–water partition coefficient (Wildman–Crippen LogP) is 4.70. The molecule has 1 aromatic heterocycles. The molecule has 10 heteroatoms. The first-order chi connectivity index (χ1) is 16.9. The van der Waals surface area contributed by atoms with Crippen molar-refractivity contribution >= 4 is 40.2 Å². The second-order valence-electron chi connectivity index (χ2n) is 7.36. The summed E-state index contributed by atoms with van der Waals surface area (Å²) in [6, 6.07) is 15.4. The quantitative estimate of drug-likeness (QED) is 0.340. The second-order valence-corrected chi connectivity index (χ2v) is 7.76. The van der Waals surface area contributed by atoms with Crippen LogP contribution in [0.3, 0.4) is 0 Å². The molecule has 0 spiro atoms. The number of aromatic amines is 1. The summed E-state index contributed by atoms with van der Waals surface area (Å²) in [5, 5.41) is 2.91. The summed E-state index contributed by atoms with van der Waals surface area (Å²) in [4.78, 5) is 32.6. The topological polar surface area (TPSA) is 112 Å².